The average Bonchev–Trinajstić information content (AvgIpc) is 2.48. The second kappa shape index (κ2) is 5.17. The van der Waals surface area contributed by atoms with Gasteiger partial charge in [0.05, 0.1) is 0 Å². The number of hydrogen-bond donors (Lipinski definition) is 1. The molecule has 3 rings (SSSR count). The fourth-order valence-electron chi connectivity index (χ4n) is 2.28. The maximum absolute atomic E-state index is 12.2. The zero-order chi connectivity index (χ0) is 13.9. The molecule has 0 aliphatic heterocycles. The number of hydrogen-bond acceptors (Lipinski definition) is 2. The van der Waals surface area contributed by atoms with Gasteiger partial charge in [0.1, 0.15) is 5.75 Å². The third-order valence-corrected chi connectivity index (χ3v) is 3.37. The molecule has 0 aliphatic carbocycles. The van der Waals surface area contributed by atoms with E-state index in [1.807, 2.05) is 36.4 Å². The largest absolute Gasteiger partial charge is 0.508 e. The lowest BCUT2D eigenvalue weighted by molar-refractivity contribution is 0.0993. The number of phenolic OH excluding ortho intramolecular Hbond substituents is 1. The van der Waals surface area contributed by atoms with Crippen molar-refractivity contribution >= 4 is 16.6 Å². The van der Waals surface area contributed by atoms with Gasteiger partial charge in [-0.25, -0.2) is 0 Å². The number of ketones is 1. The first-order chi connectivity index (χ1) is 9.72. The summed E-state index contributed by atoms with van der Waals surface area (Å²) >= 11 is 0. The van der Waals surface area contributed by atoms with Crippen molar-refractivity contribution in [3.05, 3.63) is 77.9 Å². The number of rotatable bonds is 3. The van der Waals surface area contributed by atoms with Crippen LogP contribution in [0.3, 0.4) is 0 Å². The van der Waals surface area contributed by atoms with E-state index in [0.29, 0.717) is 12.0 Å². The van der Waals surface area contributed by atoms with Gasteiger partial charge in [-0.3, -0.25) is 4.79 Å². The van der Waals surface area contributed by atoms with E-state index >= 15 is 0 Å². The van der Waals surface area contributed by atoms with Crippen LogP contribution in [0.2, 0.25) is 0 Å². The first-order valence-electron chi connectivity index (χ1n) is 6.52. The lowest BCUT2D eigenvalue weighted by Gasteiger charge is -2.04. The molecule has 0 heterocycles. The van der Waals surface area contributed by atoms with E-state index in [0.717, 1.165) is 10.9 Å². The van der Waals surface area contributed by atoms with Crippen LogP contribution >= 0.6 is 0 Å². The number of aromatic hydroxyl groups is 1. The van der Waals surface area contributed by atoms with Gasteiger partial charge in [-0.2, -0.15) is 0 Å². The van der Waals surface area contributed by atoms with Crippen LogP contribution in [0.5, 0.6) is 5.75 Å². The molecule has 0 spiro atoms. The van der Waals surface area contributed by atoms with Crippen LogP contribution in [-0.2, 0) is 6.42 Å². The summed E-state index contributed by atoms with van der Waals surface area (Å²) in [5.74, 6) is 0.229. The van der Waals surface area contributed by atoms with Crippen LogP contribution < -0.4 is 0 Å². The van der Waals surface area contributed by atoms with Crippen LogP contribution in [0.1, 0.15) is 15.9 Å². The summed E-state index contributed by atoms with van der Waals surface area (Å²) in [6.45, 7) is 0. The number of phenols is 1. The fourth-order valence-corrected chi connectivity index (χ4v) is 2.28. The van der Waals surface area contributed by atoms with Crippen molar-refractivity contribution < 1.29 is 9.90 Å². The minimum Gasteiger partial charge on any atom is -0.508 e. The lowest BCUT2D eigenvalue weighted by Crippen LogP contribution is -2.03. The minimum absolute atomic E-state index is 0.0558. The first kappa shape index (κ1) is 12.4. The average molecular weight is 262 g/mol. The highest BCUT2D eigenvalue weighted by molar-refractivity contribution is 5.98. The van der Waals surface area contributed by atoms with Gasteiger partial charge >= 0.3 is 0 Å². The molecule has 0 bridgehead atoms. The molecule has 0 radical (unpaired) electrons. The molecule has 2 nitrogen and oxygen atoms in total. The van der Waals surface area contributed by atoms with Crippen LogP contribution in [0.4, 0.5) is 0 Å². The molecule has 98 valence electrons. The van der Waals surface area contributed by atoms with Gasteiger partial charge in [0.15, 0.2) is 5.78 Å². The number of benzene rings is 3. The number of carbonyl (C=O) groups excluding carboxylic acids is 1. The smallest absolute Gasteiger partial charge is 0.167 e. The third kappa shape index (κ3) is 2.54. The molecule has 0 saturated carbocycles. The summed E-state index contributed by atoms with van der Waals surface area (Å²) < 4.78 is 0. The molecule has 0 saturated heterocycles. The van der Waals surface area contributed by atoms with E-state index in [1.165, 1.54) is 17.5 Å². The summed E-state index contributed by atoms with van der Waals surface area (Å²) in [5.41, 5.74) is 1.62. The number of fused-ring (bicyclic) bond motifs is 1. The van der Waals surface area contributed by atoms with Crippen LogP contribution in [0.15, 0.2) is 66.7 Å². The maximum atomic E-state index is 12.2. The van der Waals surface area contributed by atoms with Crippen molar-refractivity contribution in [3.63, 3.8) is 0 Å². The Labute approximate surface area is 117 Å². The van der Waals surface area contributed by atoms with Gasteiger partial charge in [0, 0.05) is 12.0 Å². The Morgan fingerprint density at radius 2 is 1.55 bits per heavy atom. The van der Waals surface area contributed by atoms with Gasteiger partial charge in [-0.15, -0.1) is 0 Å². The van der Waals surface area contributed by atoms with Gasteiger partial charge in [0.25, 0.3) is 0 Å². The Morgan fingerprint density at radius 3 is 2.30 bits per heavy atom. The van der Waals surface area contributed by atoms with Crippen molar-refractivity contribution in [1.29, 1.82) is 0 Å². The molecule has 1 N–H and O–H groups in total. The molecule has 20 heavy (non-hydrogen) atoms. The molecule has 3 aromatic carbocycles. The molecular formula is C18H14O2. The first-order valence-corrected chi connectivity index (χ1v) is 6.52. The lowest BCUT2D eigenvalue weighted by atomic mass is 10.0. The second-order valence-electron chi connectivity index (χ2n) is 4.83. The monoisotopic (exact) mass is 262 g/mol. The van der Waals surface area contributed by atoms with Crippen LogP contribution in [-0.4, -0.2) is 10.9 Å². The molecule has 3 aromatic rings. The van der Waals surface area contributed by atoms with E-state index in [2.05, 4.69) is 6.07 Å². The van der Waals surface area contributed by atoms with E-state index in [4.69, 9.17) is 0 Å². The van der Waals surface area contributed by atoms with Crippen molar-refractivity contribution in [1.82, 2.24) is 0 Å². The number of Topliss-reactive ketones (excluding diaryl/α,β-unsaturated/α-hetero) is 1. The Bertz CT molecular complexity index is 758. The Balaban J connectivity index is 1.85. The molecule has 0 amide bonds. The van der Waals surface area contributed by atoms with E-state index in [9.17, 15) is 9.90 Å². The van der Waals surface area contributed by atoms with E-state index in [-0.39, 0.29) is 11.5 Å². The predicted molar refractivity (Wildman–Crippen MR) is 80.1 cm³/mol. The molecule has 0 aromatic heterocycles. The Kier molecular flexibility index (Phi) is 3.21. The maximum Gasteiger partial charge on any atom is 0.167 e. The topological polar surface area (TPSA) is 37.3 Å². The van der Waals surface area contributed by atoms with Crippen molar-refractivity contribution in [2.24, 2.45) is 0 Å². The highest BCUT2D eigenvalue weighted by Crippen LogP contribution is 2.18. The van der Waals surface area contributed by atoms with Crippen LogP contribution in [0.25, 0.3) is 10.8 Å². The van der Waals surface area contributed by atoms with Crippen molar-refractivity contribution in [3.8, 4) is 5.75 Å². The molecule has 2 heteroatoms. The van der Waals surface area contributed by atoms with Crippen LogP contribution in [0, 0.1) is 0 Å². The molecular weight excluding hydrogens is 248 g/mol. The fraction of sp³-hybridized carbons (Fsp3) is 0.0556. The highest BCUT2D eigenvalue weighted by atomic mass is 16.3. The van der Waals surface area contributed by atoms with Crippen molar-refractivity contribution in [2.45, 2.75) is 6.42 Å². The summed E-state index contributed by atoms with van der Waals surface area (Å²) in [7, 11) is 0. The SMILES string of the molecule is O=C(Cc1ccc2ccccc2c1)c1ccc(O)cc1. The Morgan fingerprint density at radius 1 is 0.850 bits per heavy atom. The Hall–Kier alpha value is -2.61. The summed E-state index contributed by atoms with van der Waals surface area (Å²) in [4.78, 5) is 12.2. The normalized spacial score (nSPS) is 10.6. The third-order valence-electron chi connectivity index (χ3n) is 3.37. The quantitative estimate of drug-likeness (QED) is 0.725. The molecule has 0 fully saturated rings. The van der Waals surface area contributed by atoms with Gasteiger partial charge in [-0.05, 0) is 40.6 Å². The predicted octanol–water partition coefficient (Wildman–Crippen LogP) is 3.97. The standard InChI is InChI=1S/C18H14O2/c19-17-9-7-15(8-10-17)18(20)12-13-5-6-14-3-1-2-4-16(14)11-13/h1-11,19H,12H2. The second-order valence-corrected chi connectivity index (χ2v) is 4.83. The number of carbonyl (C=O) groups is 1. The summed E-state index contributed by atoms with van der Waals surface area (Å²) in [6.07, 6.45) is 0.371. The molecule has 0 aliphatic rings. The van der Waals surface area contributed by atoms with Crippen molar-refractivity contribution in [2.75, 3.05) is 0 Å². The van der Waals surface area contributed by atoms with E-state index in [1.54, 1.807) is 12.1 Å². The summed E-state index contributed by atoms with van der Waals surface area (Å²) in [5, 5.41) is 11.6. The van der Waals surface area contributed by atoms with Gasteiger partial charge < -0.3 is 5.11 Å². The van der Waals surface area contributed by atoms with E-state index < -0.39 is 0 Å². The zero-order valence-electron chi connectivity index (χ0n) is 10.9. The summed E-state index contributed by atoms with van der Waals surface area (Å²) in [6, 6.07) is 20.5. The zero-order valence-corrected chi connectivity index (χ0v) is 10.9. The molecule has 0 unspecified atom stereocenters. The minimum atomic E-state index is 0.0558. The highest BCUT2D eigenvalue weighted by Gasteiger charge is 2.07. The van der Waals surface area contributed by atoms with Gasteiger partial charge in [0.2, 0.25) is 0 Å². The molecule has 0 atom stereocenters. The van der Waals surface area contributed by atoms with Gasteiger partial charge in [-0.1, -0.05) is 42.5 Å².